The maximum absolute atomic E-state index is 13.6. The van der Waals surface area contributed by atoms with Gasteiger partial charge in [-0.05, 0) is 80.0 Å². The third-order valence-electron chi connectivity index (χ3n) is 7.33. The Morgan fingerprint density at radius 3 is 2.29 bits per heavy atom. The van der Waals surface area contributed by atoms with E-state index in [1.807, 2.05) is 61.7 Å². The number of para-hydroxylation sites is 1. The van der Waals surface area contributed by atoms with Crippen LogP contribution in [-0.2, 0) is 22.5 Å². The predicted octanol–water partition coefficient (Wildman–Crippen LogP) is 8.72. The van der Waals surface area contributed by atoms with Crippen LogP contribution < -0.4 is 4.74 Å². The van der Waals surface area contributed by atoms with Crippen LogP contribution in [0.5, 0.6) is 5.75 Å². The van der Waals surface area contributed by atoms with Crippen molar-refractivity contribution in [2.75, 3.05) is 6.61 Å². The molecular formula is C36H43NO4. The lowest BCUT2D eigenvalue weighted by molar-refractivity contribution is -0.143. The highest BCUT2D eigenvalue weighted by atomic mass is 16.5. The fourth-order valence-electron chi connectivity index (χ4n) is 5.27. The number of esters is 1. The topological polar surface area (TPSA) is 57.5 Å². The number of aryl methyl sites for hydroxylation is 1. The van der Waals surface area contributed by atoms with E-state index < -0.39 is 0 Å². The number of aromatic nitrogens is 1. The summed E-state index contributed by atoms with van der Waals surface area (Å²) in [4.78, 5) is 25.4. The molecule has 0 aliphatic carbocycles. The zero-order valence-electron chi connectivity index (χ0n) is 24.9. The van der Waals surface area contributed by atoms with E-state index in [2.05, 4.69) is 49.6 Å². The minimum atomic E-state index is -0.192. The van der Waals surface area contributed by atoms with Gasteiger partial charge in [0.15, 0.2) is 5.78 Å². The van der Waals surface area contributed by atoms with Crippen LogP contribution in [0.3, 0.4) is 0 Å². The van der Waals surface area contributed by atoms with E-state index in [4.69, 9.17) is 9.47 Å². The number of ketones is 1. The van der Waals surface area contributed by atoms with Gasteiger partial charge >= 0.3 is 5.97 Å². The first kappa shape index (κ1) is 30.1. The van der Waals surface area contributed by atoms with Gasteiger partial charge in [-0.15, -0.1) is 0 Å². The standard InChI is InChI=1S/C36H43NO4/c1-5-7-13-34(28-17-15-27(16-18-28)24-26(3)4)41-30-21-19-29(20-22-30)36(39)32-25-37(23-10-14-35(38)40-6-2)33-12-9-8-11-31(32)33/h8-9,11-12,15-22,25-26,34H,5-7,10,13-14,23-24H2,1-4H3. The summed E-state index contributed by atoms with van der Waals surface area (Å²) in [5.74, 6) is 1.17. The van der Waals surface area contributed by atoms with Gasteiger partial charge in [0.1, 0.15) is 11.9 Å². The van der Waals surface area contributed by atoms with Gasteiger partial charge in [0.25, 0.3) is 0 Å². The van der Waals surface area contributed by atoms with E-state index in [9.17, 15) is 9.59 Å². The van der Waals surface area contributed by atoms with Crippen molar-refractivity contribution in [1.82, 2.24) is 4.57 Å². The molecule has 0 bridgehead atoms. The average molecular weight is 554 g/mol. The van der Waals surface area contributed by atoms with Crippen molar-refractivity contribution < 1.29 is 19.1 Å². The molecular weight excluding hydrogens is 510 g/mol. The number of nitrogens with zero attached hydrogens (tertiary/aromatic N) is 1. The highest BCUT2D eigenvalue weighted by Gasteiger charge is 2.18. The molecule has 4 rings (SSSR count). The fraction of sp³-hybridized carbons (Fsp3) is 0.389. The molecule has 0 N–H and O–H groups in total. The van der Waals surface area contributed by atoms with Crippen LogP contribution in [0, 0.1) is 5.92 Å². The Morgan fingerprint density at radius 1 is 0.878 bits per heavy atom. The van der Waals surface area contributed by atoms with Gasteiger partial charge < -0.3 is 14.0 Å². The molecule has 4 aromatic rings. The van der Waals surface area contributed by atoms with Crippen molar-refractivity contribution in [1.29, 1.82) is 0 Å². The smallest absolute Gasteiger partial charge is 0.305 e. The maximum Gasteiger partial charge on any atom is 0.305 e. The molecule has 1 atom stereocenters. The number of fused-ring (bicyclic) bond motifs is 1. The zero-order chi connectivity index (χ0) is 29.2. The van der Waals surface area contributed by atoms with Crippen molar-refractivity contribution in [3.05, 3.63) is 101 Å². The molecule has 0 fully saturated rings. The average Bonchev–Trinajstić information content (AvgIpc) is 3.34. The Bertz CT molecular complexity index is 1420. The van der Waals surface area contributed by atoms with Gasteiger partial charge in [-0.3, -0.25) is 9.59 Å². The molecule has 216 valence electrons. The molecule has 5 heteroatoms. The van der Waals surface area contributed by atoms with Gasteiger partial charge in [0.05, 0.1) is 6.61 Å². The summed E-state index contributed by atoms with van der Waals surface area (Å²) in [6.45, 7) is 9.51. The third-order valence-corrected chi connectivity index (χ3v) is 7.33. The largest absolute Gasteiger partial charge is 0.486 e. The number of hydrogen-bond donors (Lipinski definition) is 0. The fourth-order valence-corrected chi connectivity index (χ4v) is 5.27. The Hall–Kier alpha value is -3.86. The number of rotatable bonds is 15. The summed E-state index contributed by atoms with van der Waals surface area (Å²) < 4.78 is 13.6. The van der Waals surface area contributed by atoms with Crippen molar-refractivity contribution in [3.8, 4) is 5.75 Å². The highest BCUT2D eigenvalue weighted by Crippen LogP contribution is 2.29. The number of carbonyl (C=O) groups excluding carboxylic acids is 2. The van der Waals surface area contributed by atoms with E-state index >= 15 is 0 Å². The second-order valence-corrected chi connectivity index (χ2v) is 11.1. The lowest BCUT2D eigenvalue weighted by Crippen LogP contribution is -2.08. The van der Waals surface area contributed by atoms with E-state index in [1.165, 1.54) is 11.1 Å². The Balaban J connectivity index is 1.48. The summed E-state index contributed by atoms with van der Waals surface area (Å²) in [7, 11) is 0. The number of carbonyl (C=O) groups is 2. The van der Waals surface area contributed by atoms with Crippen molar-refractivity contribution >= 4 is 22.7 Å². The van der Waals surface area contributed by atoms with Crippen LogP contribution in [0.15, 0.2) is 79.0 Å². The Morgan fingerprint density at radius 2 is 1.61 bits per heavy atom. The minimum Gasteiger partial charge on any atom is -0.486 e. The molecule has 1 aromatic heterocycles. The molecule has 0 amide bonds. The third kappa shape index (κ3) is 8.09. The second kappa shape index (κ2) is 14.7. The summed E-state index contributed by atoms with van der Waals surface area (Å²) in [6, 6.07) is 24.2. The monoisotopic (exact) mass is 553 g/mol. The molecule has 1 unspecified atom stereocenters. The molecule has 3 aromatic carbocycles. The summed E-state index contributed by atoms with van der Waals surface area (Å²) >= 11 is 0. The number of unbranched alkanes of at least 4 members (excludes halogenated alkanes) is 1. The SMILES string of the molecule is CCCCC(Oc1ccc(C(=O)c2cn(CCCC(=O)OCC)c3ccccc23)cc1)c1ccc(CC(C)C)cc1. The van der Waals surface area contributed by atoms with Crippen LogP contribution >= 0.6 is 0 Å². The first-order valence-corrected chi connectivity index (χ1v) is 15.0. The van der Waals surface area contributed by atoms with Crippen LogP contribution in [0.1, 0.15) is 93.0 Å². The van der Waals surface area contributed by atoms with Gasteiger partial charge in [-0.2, -0.15) is 0 Å². The van der Waals surface area contributed by atoms with Gasteiger partial charge in [0, 0.05) is 41.2 Å². The molecule has 0 aliphatic heterocycles. The lowest BCUT2D eigenvalue weighted by Gasteiger charge is -2.20. The van der Waals surface area contributed by atoms with Gasteiger partial charge in [0.2, 0.25) is 0 Å². The Labute approximate surface area is 244 Å². The summed E-state index contributed by atoms with van der Waals surface area (Å²) in [5, 5.41) is 0.912. The van der Waals surface area contributed by atoms with Crippen LogP contribution in [-0.4, -0.2) is 22.9 Å². The van der Waals surface area contributed by atoms with E-state index in [0.717, 1.165) is 42.3 Å². The van der Waals surface area contributed by atoms with Crippen molar-refractivity contribution in [2.45, 2.75) is 78.9 Å². The molecule has 0 radical (unpaired) electrons. The number of hydrogen-bond acceptors (Lipinski definition) is 4. The highest BCUT2D eigenvalue weighted by molar-refractivity contribution is 6.16. The molecule has 0 saturated carbocycles. The first-order chi connectivity index (χ1) is 19.9. The van der Waals surface area contributed by atoms with Gasteiger partial charge in [-0.1, -0.05) is 69.7 Å². The van der Waals surface area contributed by atoms with Crippen molar-refractivity contribution in [2.24, 2.45) is 5.92 Å². The Kier molecular flexibility index (Phi) is 10.8. The molecule has 5 nitrogen and oxygen atoms in total. The van der Waals surface area contributed by atoms with E-state index in [-0.39, 0.29) is 17.9 Å². The molecule has 1 heterocycles. The molecule has 41 heavy (non-hydrogen) atoms. The molecule has 0 aliphatic rings. The number of ether oxygens (including phenoxy) is 2. The minimum absolute atomic E-state index is 0.0276. The van der Waals surface area contributed by atoms with Crippen molar-refractivity contribution in [3.63, 3.8) is 0 Å². The zero-order valence-corrected chi connectivity index (χ0v) is 24.9. The molecule has 0 saturated heterocycles. The number of benzene rings is 3. The molecule has 0 spiro atoms. The van der Waals surface area contributed by atoms with E-state index in [0.29, 0.717) is 43.0 Å². The lowest BCUT2D eigenvalue weighted by atomic mass is 9.98. The quantitative estimate of drug-likeness (QED) is 0.109. The predicted molar refractivity (Wildman–Crippen MR) is 166 cm³/mol. The summed E-state index contributed by atoms with van der Waals surface area (Å²) in [5.41, 5.74) is 4.79. The second-order valence-electron chi connectivity index (χ2n) is 11.1. The van der Waals surface area contributed by atoms with Crippen LogP contribution in [0.4, 0.5) is 0 Å². The first-order valence-electron chi connectivity index (χ1n) is 15.0. The van der Waals surface area contributed by atoms with Crippen LogP contribution in [0.2, 0.25) is 0 Å². The van der Waals surface area contributed by atoms with E-state index in [1.54, 1.807) is 0 Å². The summed E-state index contributed by atoms with van der Waals surface area (Å²) in [6.07, 6.45) is 7.08. The van der Waals surface area contributed by atoms with Gasteiger partial charge in [-0.25, -0.2) is 0 Å². The van der Waals surface area contributed by atoms with Crippen LogP contribution in [0.25, 0.3) is 10.9 Å². The normalized spacial score (nSPS) is 12.0. The maximum atomic E-state index is 13.6.